The van der Waals surface area contributed by atoms with Crippen LogP contribution in [0.25, 0.3) is 0 Å². The van der Waals surface area contributed by atoms with Crippen LogP contribution in [0.4, 0.5) is 0 Å². The maximum absolute atomic E-state index is 5.96. The number of benzene rings is 2. The van der Waals surface area contributed by atoms with Crippen molar-refractivity contribution in [2.24, 2.45) is 0 Å². The molecular formula is C16H17OSn. The fourth-order valence-corrected chi connectivity index (χ4v) is 2.63. The van der Waals surface area contributed by atoms with Gasteiger partial charge in [0.2, 0.25) is 0 Å². The van der Waals surface area contributed by atoms with Gasteiger partial charge in [0.15, 0.2) is 0 Å². The number of hydrogen-bond acceptors (Lipinski definition) is 1. The van der Waals surface area contributed by atoms with E-state index >= 15 is 0 Å². The molecule has 0 amide bonds. The summed E-state index contributed by atoms with van der Waals surface area (Å²) in [6.45, 7) is 6.97. The monoisotopic (exact) mass is 345 g/mol. The second-order valence-electron chi connectivity index (χ2n) is 4.71. The van der Waals surface area contributed by atoms with Gasteiger partial charge in [0.05, 0.1) is 0 Å². The molecule has 0 aliphatic carbocycles. The number of ether oxygens (including phenoxy) is 1. The molecule has 0 spiro atoms. The van der Waals surface area contributed by atoms with Crippen molar-refractivity contribution in [3.63, 3.8) is 0 Å². The molecule has 91 valence electrons. The van der Waals surface area contributed by atoms with Gasteiger partial charge in [0.1, 0.15) is 0 Å². The molecule has 0 bridgehead atoms. The average molecular weight is 344 g/mol. The van der Waals surface area contributed by atoms with Gasteiger partial charge < -0.3 is 0 Å². The SMILES string of the molecule is Cc1cc(C)c(OCc2cc[c]([Sn])cc2)c(C)c1. The first-order chi connectivity index (χ1) is 8.56. The maximum atomic E-state index is 5.96. The predicted octanol–water partition coefficient (Wildman–Crippen LogP) is 2.98. The van der Waals surface area contributed by atoms with Gasteiger partial charge in [-0.25, -0.2) is 0 Å². The molecule has 0 atom stereocenters. The third kappa shape index (κ3) is 3.28. The van der Waals surface area contributed by atoms with E-state index in [-0.39, 0.29) is 0 Å². The van der Waals surface area contributed by atoms with Crippen LogP contribution in [0.2, 0.25) is 0 Å². The van der Waals surface area contributed by atoms with Crippen LogP contribution in [0.15, 0.2) is 36.4 Å². The predicted molar refractivity (Wildman–Crippen MR) is 76.8 cm³/mol. The first-order valence-corrected chi connectivity index (χ1v) is 7.50. The molecule has 0 aliphatic rings. The molecule has 0 heterocycles. The van der Waals surface area contributed by atoms with E-state index in [9.17, 15) is 0 Å². The third-order valence-electron chi connectivity index (χ3n) is 2.94. The van der Waals surface area contributed by atoms with Crippen molar-refractivity contribution in [2.75, 3.05) is 0 Å². The zero-order valence-corrected chi connectivity index (χ0v) is 13.9. The van der Waals surface area contributed by atoms with E-state index in [1.807, 2.05) is 0 Å². The molecule has 18 heavy (non-hydrogen) atoms. The fourth-order valence-electron chi connectivity index (χ4n) is 2.15. The minimum atomic E-state index is 0.640. The van der Waals surface area contributed by atoms with E-state index < -0.39 is 0 Å². The van der Waals surface area contributed by atoms with E-state index in [2.05, 4.69) is 57.2 Å². The Balaban J connectivity index is 2.13. The zero-order chi connectivity index (χ0) is 13.1. The van der Waals surface area contributed by atoms with Crippen molar-refractivity contribution in [3.05, 3.63) is 58.7 Å². The van der Waals surface area contributed by atoms with Gasteiger partial charge in [0, 0.05) is 0 Å². The van der Waals surface area contributed by atoms with Crippen LogP contribution in [0.5, 0.6) is 5.75 Å². The Morgan fingerprint density at radius 1 is 0.944 bits per heavy atom. The van der Waals surface area contributed by atoms with Crippen LogP contribution >= 0.6 is 0 Å². The van der Waals surface area contributed by atoms with Gasteiger partial charge in [-0.05, 0) is 0 Å². The van der Waals surface area contributed by atoms with Gasteiger partial charge in [-0.15, -0.1) is 0 Å². The Morgan fingerprint density at radius 2 is 1.50 bits per heavy atom. The summed E-state index contributed by atoms with van der Waals surface area (Å²) in [6, 6.07) is 12.9. The van der Waals surface area contributed by atoms with E-state index in [4.69, 9.17) is 4.74 Å². The quantitative estimate of drug-likeness (QED) is 0.778. The molecule has 2 aromatic carbocycles. The summed E-state index contributed by atoms with van der Waals surface area (Å²) in [7, 11) is 0. The standard InChI is InChI=1S/C16H17O.Sn/c1-12-9-13(2)16(14(3)10-12)17-11-15-7-5-4-6-8-15;/h5-10H,11H2,1-3H3;. The van der Waals surface area contributed by atoms with Crippen molar-refractivity contribution in [1.29, 1.82) is 0 Å². The van der Waals surface area contributed by atoms with Gasteiger partial charge in [-0.3, -0.25) is 0 Å². The Bertz CT molecular complexity index is 521. The minimum absolute atomic E-state index is 0.640. The molecule has 1 nitrogen and oxygen atoms in total. The van der Waals surface area contributed by atoms with Crippen molar-refractivity contribution in [2.45, 2.75) is 27.4 Å². The molecule has 0 aliphatic heterocycles. The van der Waals surface area contributed by atoms with E-state index in [0.717, 1.165) is 5.75 Å². The average Bonchev–Trinajstić information content (AvgIpc) is 2.30. The van der Waals surface area contributed by atoms with Gasteiger partial charge in [-0.1, -0.05) is 0 Å². The van der Waals surface area contributed by atoms with Gasteiger partial charge in [0.25, 0.3) is 0 Å². The summed E-state index contributed by atoms with van der Waals surface area (Å²) in [6.07, 6.45) is 0. The second-order valence-corrected chi connectivity index (χ2v) is 6.36. The van der Waals surface area contributed by atoms with Gasteiger partial charge >= 0.3 is 123 Å². The van der Waals surface area contributed by atoms with Crippen LogP contribution in [0.1, 0.15) is 22.3 Å². The topological polar surface area (TPSA) is 9.23 Å². The van der Waals surface area contributed by atoms with Crippen LogP contribution < -0.4 is 8.32 Å². The summed E-state index contributed by atoms with van der Waals surface area (Å²) in [5.74, 6) is 1.02. The van der Waals surface area contributed by atoms with E-state index in [1.54, 1.807) is 0 Å². The van der Waals surface area contributed by atoms with Gasteiger partial charge in [-0.2, -0.15) is 0 Å². The number of rotatable bonds is 3. The summed E-state index contributed by atoms with van der Waals surface area (Å²) in [5, 5.41) is 0. The molecule has 0 saturated carbocycles. The Kier molecular flexibility index (Phi) is 4.33. The number of aryl methyl sites for hydroxylation is 3. The van der Waals surface area contributed by atoms with Crippen molar-refractivity contribution >= 4 is 26.1 Å². The molecule has 0 unspecified atom stereocenters. The normalized spacial score (nSPS) is 10.4. The Hall–Kier alpha value is -0.961. The molecule has 2 aromatic rings. The molecular weight excluding hydrogens is 327 g/mol. The zero-order valence-electron chi connectivity index (χ0n) is 11.1. The molecule has 2 rings (SSSR count). The van der Waals surface area contributed by atoms with Crippen molar-refractivity contribution < 1.29 is 4.74 Å². The van der Waals surface area contributed by atoms with E-state index in [1.165, 1.54) is 48.4 Å². The van der Waals surface area contributed by atoms with Crippen LogP contribution in [-0.4, -0.2) is 22.5 Å². The summed E-state index contributed by atoms with van der Waals surface area (Å²) >= 11 is 1.46. The molecule has 0 N–H and O–H groups in total. The fraction of sp³-hybridized carbons (Fsp3) is 0.250. The first-order valence-electron chi connectivity index (χ1n) is 6.07. The first kappa shape index (κ1) is 13.5. The number of hydrogen-bond donors (Lipinski definition) is 0. The summed E-state index contributed by atoms with van der Waals surface area (Å²) < 4.78 is 7.32. The Labute approximate surface area is 122 Å². The van der Waals surface area contributed by atoms with Crippen LogP contribution in [-0.2, 0) is 6.61 Å². The van der Waals surface area contributed by atoms with E-state index in [0.29, 0.717) is 6.61 Å². The van der Waals surface area contributed by atoms with Crippen molar-refractivity contribution in [3.8, 4) is 5.75 Å². The molecule has 3 radical (unpaired) electrons. The molecule has 0 aromatic heterocycles. The Morgan fingerprint density at radius 3 is 2.06 bits per heavy atom. The van der Waals surface area contributed by atoms with Crippen LogP contribution in [0, 0.1) is 20.8 Å². The second kappa shape index (κ2) is 5.79. The third-order valence-corrected chi connectivity index (χ3v) is 3.89. The molecule has 0 saturated heterocycles. The summed E-state index contributed by atoms with van der Waals surface area (Å²) in [5.41, 5.74) is 4.94. The van der Waals surface area contributed by atoms with Crippen LogP contribution in [0.3, 0.4) is 0 Å². The molecule has 0 fully saturated rings. The van der Waals surface area contributed by atoms with Crippen molar-refractivity contribution in [1.82, 2.24) is 0 Å². The summed E-state index contributed by atoms with van der Waals surface area (Å²) in [4.78, 5) is 0. The molecule has 2 heteroatoms.